The van der Waals surface area contributed by atoms with Gasteiger partial charge in [-0.2, -0.15) is 0 Å². The molecule has 0 atom stereocenters. The lowest BCUT2D eigenvalue weighted by Gasteiger charge is -2.31. The Labute approximate surface area is 191 Å². The number of hydrogen-bond donors (Lipinski definition) is 0. The van der Waals surface area contributed by atoms with E-state index >= 15 is 0 Å². The van der Waals surface area contributed by atoms with E-state index in [0.717, 1.165) is 29.8 Å². The van der Waals surface area contributed by atoms with E-state index in [4.69, 9.17) is 11.6 Å². The Morgan fingerprint density at radius 2 is 1.81 bits per heavy atom. The van der Waals surface area contributed by atoms with Gasteiger partial charge in [0, 0.05) is 29.4 Å². The first-order valence-electron chi connectivity index (χ1n) is 10.5. The predicted molar refractivity (Wildman–Crippen MR) is 124 cm³/mol. The first-order valence-corrected chi connectivity index (χ1v) is 11.9. The lowest BCUT2D eigenvalue weighted by atomic mass is 9.94. The molecule has 0 N–H and O–H groups in total. The molecule has 2 aromatic carbocycles. The van der Waals surface area contributed by atoms with Crippen LogP contribution in [0.1, 0.15) is 32.1 Å². The fraction of sp³-hybridized carbons (Fsp3) is 0.333. The molecule has 7 heteroatoms. The Kier molecular flexibility index (Phi) is 6.98. The number of hydrogen-bond acceptors (Lipinski definition) is 3. The summed E-state index contributed by atoms with van der Waals surface area (Å²) >= 11 is 7.50. The Balaban J connectivity index is 1.59. The normalized spacial score (nSPS) is 14.5. The molecule has 0 unspecified atom stereocenters. The van der Waals surface area contributed by atoms with Crippen molar-refractivity contribution >= 4 is 29.3 Å². The highest BCUT2D eigenvalue weighted by atomic mass is 35.5. The Bertz CT molecular complexity index is 1030. The number of imidazole rings is 1. The molecule has 1 fully saturated rings. The molecule has 1 saturated carbocycles. The van der Waals surface area contributed by atoms with E-state index in [2.05, 4.69) is 4.98 Å². The Morgan fingerprint density at radius 1 is 1.13 bits per heavy atom. The highest BCUT2D eigenvalue weighted by molar-refractivity contribution is 7.99. The van der Waals surface area contributed by atoms with Crippen LogP contribution in [0, 0.1) is 5.82 Å². The monoisotopic (exact) mass is 457 g/mol. The third-order valence-electron chi connectivity index (χ3n) is 5.79. The van der Waals surface area contributed by atoms with Gasteiger partial charge in [-0.25, -0.2) is 9.37 Å². The SMILES string of the molecule is CN(C(=O)CSc1ncc(-c2ccc(F)cc2)n1-c1ccc(Cl)cc1)C1CCCCC1. The number of aromatic nitrogens is 2. The van der Waals surface area contributed by atoms with Crippen molar-refractivity contribution in [2.75, 3.05) is 12.8 Å². The fourth-order valence-corrected chi connectivity index (χ4v) is 5.04. The summed E-state index contributed by atoms with van der Waals surface area (Å²) in [6.07, 6.45) is 7.58. The van der Waals surface area contributed by atoms with E-state index in [1.807, 2.05) is 40.8 Å². The molecule has 162 valence electrons. The summed E-state index contributed by atoms with van der Waals surface area (Å²) in [5, 5.41) is 1.36. The Hall–Kier alpha value is -2.31. The second kappa shape index (κ2) is 9.88. The van der Waals surface area contributed by atoms with E-state index in [0.29, 0.717) is 22.0 Å². The molecular weight excluding hydrogens is 433 g/mol. The number of halogens is 2. The maximum absolute atomic E-state index is 13.4. The number of benzene rings is 2. The van der Waals surface area contributed by atoms with Crippen molar-refractivity contribution in [1.82, 2.24) is 14.5 Å². The lowest BCUT2D eigenvalue weighted by Crippen LogP contribution is -2.39. The minimum absolute atomic E-state index is 0.117. The minimum Gasteiger partial charge on any atom is -0.342 e. The van der Waals surface area contributed by atoms with E-state index in [-0.39, 0.29) is 11.7 Å². The van der Waals surface area contributed by atoms with Gasteiger partial charge in [0.2, 0.25) is 5.91 Å². The van der Waals surface area contributed by atoms with Crippen LogP contribution in [-0.4, -0.2) is 39.2 Å². The zero-order valence-electron chi connectivity index (χ0n) is 17.4. The summed E-state index contributed by atoms with van der Waals surface area (Å²) in [5.41, 5.74) is 2.57. The maximum Gasteiger partial charge on any atom is 0.233 e. The third-order valence-corrected chi connectivity index (χ3v) is 6.98. The standard InChI is InChI=1S/C24H25ClFN3OS/c1-28(20-5-3-2-4-6-20)23(30)16-31-24-27-15-22(17-7-11-19(26)12-8-17)29(24)21-13-9-18(25)10-14-21/h7-15,20H,2-6,16H2,1H3. The van der Waals surface area contributed by atoms with Gasteiger partial charge >= 0.3 is 0 Å². The molecule has 1 aliphatic rings. The molecule has 4 nitrogen and oxygen atoms in total. The summed E-state index contributed by atoms with van der Waals surface area (Å²) < 4.78 is 15.4. The van der Waals surface area contributed by atoms with Crippen molar-refractivity contribution in [3.63, 3.8) is 0 Å². The van der Waals surface area contributed by atoms with Crippen LogP contribution in [0.25, 0.3) is 16.9 Å². The van der Waals surface area contributed by atoms with E-state index < -0.39 is 0 Å². The summed E-state index contributed by atoms with van der Waals surface area (Å²) in [5.74, 6) is 0.152. The average molecular weight is 458 g/mol. The van der Waals surface area contributed by atoms with Gasteiger partial charge < -0.3 is 4.90 Å². The molecule has 31 heavy (non-hydrogen) atoms. The molecule has 0 radical (unpaired) electrons. The van der Waals surface area contributed by atoms with Crippen LogP contribution in [0.5, 0.6) is 0 Å². The van der Waals surface area contributed by atoms with Crippen molar-refractivity contribution in [2.24, 2.45) is 0 Å². The highest BCUT2D eigenvalue weighted by Gasteiger charge is 2.23. The van der Waals surface area contributed by atoms with E-state index in [1.54, 1.807) is 18.3 Å². The van der Waals surface area contributed by atoms with Gasteiger partial charge in [-0.3, -0.25) is 9.36 Å². The zero-order chi connectivity index (χ0) is 21.8. The van der Waals surface area contributed by atoms with E-state index in [1.165, 1.54) is 43.2 Å². The van der Waals surface area contributed by atoms with Gasteiger partial charge in [-0.15, -0.1) is 0 Å². The minimum atomic E-state index is -0.285. The molecule has 0 aliphatic heterocycles. The van der Waals surface area contributed by atoms with Crippen molar-refractivity contribution in [3.05, 3.63) is 65.6 Å². The number of amides is 1. The molecule has 0 bridgehead atoms. The zero-order valence-corrected chi connectivity index (χ0v) is 19.0. The number of rotatable bonds is 6. The average Bonchev–Trinajstić information content (AvgIpc) is 3.22. The summed E-state index contributed by atoms with van der Waals surface area (Å²) in [4.78, 5) is 19.3. The summed E-state index contributed by atoms with van der Waals surface area (Å²) in [6, 6.07) is 14.1. The fourth-order valence-electron chi connectivity index (χ4n) is 4.00. The maximum atomic E-state index is 13.4. The molecule has 1 amide bonds. The van der Waals surface area contributed by atoms with Gasteiger partial charge in [0.25, 0.3) is 0 Å². The van der Waals surface area contributed by atoms with Crippen molar-refractivity contribution in [1.29, 1.82) is 0 Å². The van der Waals surface area contributed by atoms with Gasteiger partial charge in [0.05, 0.1) is 17.6 Å². The molecule has 0 saturated heterocycles. The third kappa shape index (κ3) is 5.13. The van der Waals surface area contributed by atoms with Gasteiger partial charge in [0.15, 0.2) is 5.16 Å². The molecule has 1 aliphatic carbocycles. The molecular formula is C24H25ClFN3OS. The highest BCUT2D eigenvalue weighted by Crippen LogP contribution is 2.31. The summed E-state index contributed by atoms with van der Waals surface area (Å²) in [6.45, 7) is 0. The largest absolute Gasteiger partial charge is 0.342 e. The molecule has 0 spiro atoms. The van der Waals surface area contributed by atoms with E-state index in [9.17, 15) is 9.18 Å². The first kappa shape index (κ1) is 21.9. The predicted octanol–water partition coefficient (Wildman–Crippen LogP) is 6.22. The summed E-state index contributed by atoms with van der Waals surface area (Å²) in [7, 11) is 1.91. The van der Waals surface area contributed by atoms with Crippen LogP contribution in [-0.2, 0) is 4.79 Å². The molecule has 1 heterocycles. The molecule has 1 aromatic heterocycles. The van der Waals surface area contributed by atoms with Crippen LogP contribution in [0.4, 0.5) is 4.39 Å². The second-order valence-electron chi connectivity index (χ2n) is 7.83. The molecule has 4 rings (SSSR count). The van der Waals surface area contributed by atoms with Crippen LogP contribution in [0.15, 0.2) is 59.9 Å². The van der Waals surface area contributed by atoms with Crippen molar-refractivity contribution in [3.8, 4) is 16.9 Å². The van der Waals surface area contributed by atoms with Gasteiger partial charge in [-0.1, -0.05) is 42.6 Å². The number of nitrogens with zero attached hydrogens (tertiary/aromatic N) is 3. The Morgan fingerprint density at radius 3 is 2.48 bits per heavy atom. The topological polar surface area (TPSA) is 38.1 Å². The second-order valence-corrected chi connectivity index (χ2v) is 9.21. The van der Waals surface area contributed by atoms with Crippen LogP contribution >= 0.6 is 23.4 Å². The lowest BCUT2D eigenvalue weighted by molar-refractivity contribution is -0.129. The molecule has 3 aromatic rings. The van der Waals surface area contributed by atoms with Crippen LogP contribution in [0.2, 0.25) is 5.02 Å². The smallest absolute Gasteiger partial charge is 0.233 e. The van der Waals surface area contributed by atoms with Crippen molar-refractivity contribution in [2.45, 2.75) is 43.3 Å². The number of thioether (sulfide) groups is 1. The van der Waals surface area contributed by atoms with Crippen molar-refractivity contribution < 1.29 is 9.18 Å². The van der Waals surface area contributed by atoms with Crippen LogP contribution < -0.4 is 0 Å². The van der Waals surface area contributed by atoms with Gasteiger partial charge in [0.1, 0.15) is 5.82 Å². The van der Waals surface area contributed by atoms with Crippen LogP contribution in [0.3, 0.4) is 0 Å². The number of carbonyl (C=O) groups is 1. The van der Waals surface area contributed by atoms with Gasteiger partial charge in [-0.05, 0) is 61.4 Å². The number of carbonyl (C=O) groups excluding carboxylic acids is 1. The quantitative estimate of drug-likeness (QED) is 0.413. The first-order chi connectivity index (χ1) is 15.0.